The molecular formula is C16H11ClN2O5. The van der Waals surface area contributed by atoms with Gasteiger partial charge in [-0.2, -0.15) is 0 Å². The van der Waals surface area contributed by atoms with E-state index in [9.17, 15) is 14.9 Å². The Morgan fingerprint density at radius 2 is 2.08 bits per heavy atom. The molecule has 2 aromatic carbocycles. The Morgan fingerprint density at radius 1 is 1.38 bits per heavy atom. The third-order valence-corrected chi connectivity index (χ3v) is 3.66. The quantitative estimate of drug-likeness (QED) is 0.398. The first-order valence-electron chi connectivity index (χ1n) is 7.03. The van der Waals surface area contributed by atoms with Crippen molar-refractivity contribution in [1.29, 1.82) is 0 Å². The molecule has 7 nitrogen and oxygen atoms in total. The zero-order valence-electron chi connectivity index (χ0n) is 12.5. The summed E-state index contributed by atoms with van der Waals surface area (Å²) < 4.78 is 10.5. The number of nitrogens with zero attached hydrogens (tertiary/aromatic N) is 2. The maximum Gasteiger partial charge on any atom is 0.346 e. The van der Waals surface area contributed by atoms with Gasteiger partial charge in [-0.15, -0.1) is 0 Å². The van der Waals surface area contributed by atoms with Gasteiger partial charge >= 0.3 is 5.97 Å². The normalized spacial score (nSPS) is 10.8. The second-order valence-corrected chi connectivity index (χ2v) is 5.17. The molecule has 24 heavy (non-hydrogen) atoms. The molecule has 0 aliphatic rings. The topological polar surface area (TPSA) is 95.5 Å². The van der Waals surface area contributed by atoms with Crippen molar-refractivity contribution in [3.05, 3.63) is 57.1 Å². The summed E-state index contributed by atoms with van der Waals surface area (Å²) in [5.41, 5.74) is 0.165. The van der Waals surface area contributed by atoms with Crippen LogP contribution in [0.25, 0.3) is 22.6 Å². The van der Waals surface area contributed by atoms with Gasteiger partial charge in [0.25, 0.3) is 5.69 Å². The lowest BCUT2D eigenvalue weighted by atomic mass is 10.1. The zero-order chi connectivity index (χ0) is 17.3. The predicted molar refractivity (Wildman–Crippen MR) is 87.1 cm³/mol. The smallest absolute Gasteiger partial charge is 0.346 e. The molecular weight excluding hydrogens is 336 g/mol. The molecule has 3 rings (SSSR count). The first-order chi connectivity index (χ1) is 11.5. The van der Waals surface area contributed by atoms with Crippen molar-refractivity contribution in [2.75, 3.05) is 6.61 Å². The first kappa shape index (κ1) is 15.9. The van der Waals surface area contributed by atoms with Crippen LogP contribution < -0.4 is 0 Å². The molecule has 0 aliphatic carbocycles. The van der Waals surface area contributed by atoms with E-state index in [0.717, 1.165) is 6.07 Å². The van der Waals surface area contributed by atoms with E-state index >= 15 is 0 Å². The number of hydrogen-bond acceptors (Lipinski definition) is 6. The Kier molecular flexibility index (Phi) is 4.18. The van der Waals surface area contributed by atoms with Crippen molar-refractivity contribution >= 4 is 34.4 Å². The van der Waals surface area contributed by atoms with E-state index in [4.69, 9.17) is 20.8 Å². The summed E-state index contributed by atoms with van der Waals surface area (Å²) >= 11 is 6.18. The molecule has 0 aliphatic heterocycles. The number of nitro groups is 1. The SMILES string of the molecule is CCOC(=O)c1c([N+](=O)[O-])cc2nc(-c3ccccc3)oc2c1Cl. The highest BCUT2D eigenvalue weighted by atomic mass is 35.5. The lowest BCUT2D eigenvalue weighted by molar-refractivity contribution is -0.385. The molecule has 122 valence electrons. The van der Waals surface area contributed by atoms with Crippen molar-refractivity contribution in [3.63, 3.8) is 0 Å². The molecule has 8 heteroatoms. The van der Waals surface area contributed by atoms with E-state index in [0.29, 0.717) is 5.56 Å². The predicted octanol–water partition coefficient (Wildman–Crippen LogP) is 4.23. The van der Waals surface area contributed by atoms with Crippen LogP contribution in [0.2, 0.25) is 5.02 Å². The van der Waals surface area contributed by atoms with Crippen molar-refractivity contribution in [2.24, 2.45) is 0 Å². The number of halogens is 1. The van der Waals surface area contributed by atoms with Gasteiger partial charge in [-0.25, -0.2) is 9.78 Å². The number of carbonyl (C=O) groups excluding carboxylic acids is 1. The molecule has 0 radical (unpaired) electrons. The van der Waals surface area contributed by atoms with Gasteiger partial charge in [-0.05, 0) is 19.1 Å². The number of esters is 1. The summed E-state index contributed by atoms with van der Waals surface area (Å²) in [6.07, 6.45) is 0. The second kappa shape index (κ2) is 6.29. The Balaban J connectivity index is 2.25. The largest absolute Gasteiger partial charge is 0.462 e. The third-order valence-electron chi connectivity index (χ3n) is 3.30. The van der Waals surface area contributed by atoms with Gasteiger partial charge in [0.05, 0.1) is 11.5 Å². The minimum Gasteiger partial charge on any atom is -0.462 e. The number of nitro benzene ring substituents is 1. The number of carbonyl (C=O) groups is 1. The fraction of sp³-hybridized carbons (Fsp3) is 0.125. The molecule has 0 amide bonds. The average Bonchev–Trinajstić information content (AvgIpc) is 3.00. The molecule has 0 unspecified atom stereocenters. The summed E-state index contributed by atoms with van der Waals surface area (Å²) in [5.74, 6) is -0.628. The minimum atomic E-state index is -0.881. The summed E-state index contributed by atoms with van der Waals surface area (Å²) in [7, 11) is 0. The Labute approximate surface area is 141 Å². The van der Waals surface area contributed by atoms with Gasteiger partial charge in [-0.1, -0.05) is 29.8 Å². The summed E-state index contributed by atoms with van der Waals surface area (Å²) in [4.78, 5) is 26.8. The van der Waals surface area contributed by atoms with Gasteiger partial charge in [-0.3, -0.25) is 10.1 Å². The van der Waals surface area contributed by atoms with Crippen molar-refractivity contribution in [2.45, 2.75) is 6.92 Å². The molecule has 0 bridgehead atoms. The summed E-state index contributed by atoms with van der Waals surface area (Å²) in [5, 5.41) is 11.1. The average molecular weight is 347 g/mol. The highest BCUT2D eigenvalue weighted by Crippen LogP contribution is 2.37. The molecule has 3 aromatic rings. The van der Waals surface area contributed by atoms with Crippen LogP contribution >= 0.6 is 11.6 Å². The standard InChI is InChI=1S/C16H11ClN2O5/c1-2-23-16(20)12-11(19(21)22)8-10-14(13(12)17)24-15(18-10)9-6-4-3-5-7-9/h3-8H,2H2,1H3. The van der Waals surface area contributed by atoms with Gasteiger partial charge < -0.3 is 9.15 Å². The van der Waals surface area contributed by atoms with Crippen molar-refractivity contribution < 1.29 is 18.9 Å². The molecule has 1 aromatic heterocycles. The molecule has 0 fully saturated rings. The number of fused-ring (bicyclic) bond motifs is 1. The highest BCUT2D eigenvalue weighted by Gasteiger charge is 2.29. The van der Waals surface area contributed by atoms with Crippen LogP contribution in [-0.2, 0) is 4.74 Å². The van der Waals surface area contributed by atoms with Crippen LogP contribution in [0.5, 0.6) is 0 Å². The first-order valence-corrected chi connectivity index (χ1v) is 7.40. The van der Waals surface area contributed by atoms with Crippen LogP contribution in [0.3, 0.4) is 0 Å². The van der Waals surface area contributed by atoms with Gasteiger partial charge in [0.15, 0.2) is 11.1 Å². The molecule has 0 saturated heterocycles. The monoisotopic (exact) mass is 346 g/mol. The molecule has 0 atom stereocenters. The highest BCUT2D eigenvalue weighted by molar-refractivity contribution is 6.38. The zero-order valence-corrected chi connectivity index (χ0v) is 13.2. The van der Waals surface area contributed by atoms with Crippen molar-refractivity contribution in [1.82, 2.24) is 4.98 Å². The van der Waals surface area contributed by atoms with E-state index in [1.54, 1.807) is 31.2 Å². The molecule has 0 saturated carbocycles. The molecule has 0 N–H and O–H groups in total. The van der Waals surface area contributed by atoms with Crippen LogP contribution in [0, 0.1) is 10.1 Å². The van der Waals surface area contributed by atoms with Gasteiger partial charge in [0.1, 0.15) is 10.5 Å². The lowest BCUT2D eigenvalue weighted by Crippen LogP contribution is -2.09. The van der Waals surface area contributed by atoms with Crippen LogP contribution in [-0.4, -0.2) is 22.5 Å². The van der Waals surface area contributed by atoms with Gasteiger partial charge in [0, 0.05) is 11.6 Å². The second-order valence-electron chi connectivity index (χ2n) is 4.80. The maximum absolute atomic E-state index is 12.0. The number of aromatic nitrogens is 1. The Bertz CT molecular complexity index is 937. The number of benzene rings is 2. The minimum absolute atomic E-state index is 0.0655. The number of hydrogen-bond donors (Lipinski definition) is 0. The van der Waals surface area contributed by atoms with Gasteiger partial charge in [0.2, 0.25) is 5.89 Å². The van der Waals surface area contributed by atoms with Crippen LogP contribution in [0.1, 0.15) is 17.3 Å². The number of oxazole rings is 1. The Morgan fingerprint density at radius 3 is 2.71 bits per heavy atom. The summed E-state index contributed by atoms with van der Waals surface area (Å²) in [6, 6.07) is 10.2. The van der Waals surface area contributed by atoms with E-state index in [1.807, 2.05) is 6.07 Å². The molecule has 1 heterocycles. The maximum atomic E-state index is 12.0. The number of rotatable bonds is 4. The van der Waals surface area contributed by atoms with Crippen LogP contribution in [0.4, 0.5) is 5.69 Å². The Hall–Kier alpha value is -2.93. The fourth-order valence-corrected chi connectivity index (χ4v) is 2.57. The van der Waals surface area contributed by atoms with Crippen molar-refractivity contribution in [3.8, 4) is 11.5 Å². The summed E-state index contributed by atoms with van der Waals surface area (Å²) in [6.45, 7) is 1.66. The fourth-order valence-electron chi connectivity index (χ4n) is 2.26. The van der Waals surface area contributed by atoms with E-state index < -0.39 is 16.6 Å². The lowest BCUT2D eigenvalue weighted by Gasteiger charge is -2.05. The molecule has 0 spiro atoms. The van der Waals surface area contributed by atoms with E-state index in [1.165, 1.54) is 0 Å². The van der Waals surface area contributed by atoms with E-state index in [-0.39, 0.29) is 34.2 Å². The van der Waals surface area contributed by atoms with Crippen LogP contribution in [0.15, 0.2) is 40.8 Å². The third kappa shape index (κ3) is 2.69. The number of ether oxygens (including phenoxy) is 1. The van der Waals surface area contributed by atoms with E-state index in [2.05, 4.69) is 4.98 Å².